The third-order valence-corrected chi connectivity index (χ3v) is 8.48. The van der Waals surface area contributed by atoms with E-state index in [-0.39, 0.29) is 11.8 Å². The maximum absolute atomic E-state index is 13.9. The summed E-state index contributed by atoms with van der Waals surface area (Å²) < 4.78 is 0. The number of hydrogen-bond donors (Lipinski definition) is 0. The number of hydrogen-bond acceptors (Lipinski definition) is 2. The SMILES string of the molecule is CCc1ccccc1N1C(=O)[C@@H]2[C@@H](C1=O)C1(Cl)c3ccccc3C2(Cl)c2ccccc21. The molecule has 1 aliphatic heterocycles. The zero-order chi connectivity index (χ0) is 21.5. The first-order valence-electron chi connectivity index (χ1n) is 10.5. The standard InChI is InChI=1S/C26H19Cl2NO2/c1-2-15-9-3-8-14-20(15)29-23(30)21-22(24(29)31)26(28)17-11-5-4-10-16(17)25(21,27)18-12-6-7-13-19(18)26/h3-14,21-22H,2H2,1H3/t21-,22-,25?,26?/m0/s1. The zero-order valence-electron chi connectivity index (χ0n) is 16.8. The number of imide groups is 1. The minimum Gasteiger partial charge on any atom is -0.274 e. The number of halogens is 2. The van der Waals surface area contributed by atoms with E-state index in [0.29, 0.717) is 12.1 Å². The molecular formula is C26H19Cl2NO2. The van der Waals surface area contributed by atoms with Crippen LogP contribution >= 0.6 is 23.2 Å². The quantitative estimate of drug-likeness (QED) is 0.392. The highest BCUT2D eigenvalue weighted by Gasteiger charge is 2.73. The van der Waals surface area contributed by atoms with Crippen molar-refractivity contribution in [3.05, 3.63) is 101 Å². The van der Waals surface area contributed by atoms with Gasteiger partial charge in [0.1, 0.15) is 9.75 Å². The normalized spacial score (nSPS) is 30.2. The molecule has 2 bridgehead atoms. The molecule has 0 aromatic heterocycles. The van der Waals surface area contributed by atoms with E-state index in [1.165, 1.54) is 4.90 Å². The van der Waals surface area contributed by atoms with E-state index in [0.717, 1.165) is 27.8 Å². The van der Waals surface area contributed by atoms with Crippen molar-refractivity contribution in [2.24, 2.45) is 11.8 Å². The molecule has 3 aromatic carbocycles. The van der Waals surface area contributed by atoms with Crippen LogP contribution in [0.1, 0.15) is 34.7 Å². The highest BCUT2D eigenvalue weighted by atomic mass is 35.5. The number of benzene rings is 3. The first-order chi connectivity index (χ1) is 15.0. The highest BCUT2D eigenvalue weighted by Crippen LogP contribution is 2.69. The predicted molar refractivity (Wildman–Crippen MR) is 121 cm³/mol. The monoisotopic (exact) mass is 447 g/mol. The molecule has 3 aliphatic carbocycles. The number of carbonyl (C=O) groups is 2. The van der Waals surface area contributed by atoms with E-state index >= 15 is 0 Å². The molecule has 1 fully saturated rings. The second kappa shape index (κ2) is 6.21. The first-order valence-corrected chi connectivity index (χ1v) is 11.2. The molecule has 2 amide bonds. The summed E-state index contributed by atoms with van der Waals surface area (Å²) >= 11 is 14.9. The molecule has 1 saturated heterocycles. The van der Waals surface area contributed by atoms with Crippen LogP contribution in [0.5, 0.6) is 0 Å². The molecule has 4 aliphatic rings. The lowest BCUT2D eigenvalue weighted by Gasteiger charge is -2.54. The Kier molecular flexibility index (Phi) is 3.83. The highest BCUT2D eigenvalue weighted by molar-refractivity contribution is 6.38. The molecule has 3 aromatic rings. The summed E-state index contributed by atoms with van der Waals surface area (Å²) in [6.45, 7) is 2.01. The predicted octanol–water partition coefficient (Wildman–Crippen LogP) is 5.35. The van der Waals surface area contributed by atoms with Gasteiger partial charge in [0.15, 0.2) is 0 Å². The third-order valence-electron chi connectivity index (χ3n) is 7.20. The van der Waals surface area contributed by atoms with Crippen LogP contribution in [-0.4, -0.2) is 11.8 Å². The molecule has 1 heterocycles. The third kappa shape index (κ3) is 2.07. The number of carbonyl (C=O) groups excluding carboxylic acids is 2. The molecule has 31 heavy (non-hydrogen) atoms. The molecule has 0 saturated carbocycles. The van der Waals surface area contributed by atoms with Gasteiger partial charge < -0.3 is 0 Å². The van der Waals surface area contributed by atoms with Gasteiger partial charge in [-0.15, -0.1) is 23.2 Å². The second-order valence-corrected chi connectivity index (χ2v) is 9.66. The minimum atomic E-state index is -1.14. The average Bonchev–Trinajstić information content (AvgIpc) is 3.08. The van der Waals surface area contributed by atoms with Gasteiger partial charge in [0, 0.05) is 0 Å². The van der Waals surface area contributed by atoms with E-state index in [2.05, 4.69) is 0 Å². The zero-order valence-corrected chi connectivity index (χ0v) is 18.3. The fraction of sp³-hybridized carbons (Fsp3) is 0.231. The van der Waals surface area contributed by atoms with Crippen LogP contribution in [0.3, 0.4) is 0 Å². The van der Waals surface area contributed by atoms with Crippen molar-refractivity contribution in [2.75, 3.05) is 4.90 Å². The van der Waals surface area contributed by atoms with Crippen molar-refractivity contribution < 1.29 is 9.59 Å². The van der Waals surface area contributed by atoms with Crippen molar-refractivity contribution in [1.82, 2.24) is 0 Å². The Balaban J connectivity index is 1.66. The van der Waals surface area contributed by atoms with Crippen molar-refractivity contribution in [3.63, 3.8) is 0 Å². The van der Waals surface area contributed by atoms with Crippen LogP contribution in [0.4, 0.5) is 5.69 Å². The Bertz CT molecular complexity index is 1160. The average molecular weight is 448 g/mol. The summed E-state index contributed by atoms with van der Waals surface area (Å²) in [5, 5.41) is 0. The van der Waals surface area contributed by atoms with E-state index in [4.69, 9.17) is 23.2 Å². The van der Waals surface area contributed by atoms with Gasteiger partial charge in [-0.2, -0.15) is 0 Å². The van der Waals surface area contributed by atoms with Gasteiger partial charge in [0.25, 0.3) is 0 Å². The van der Waals surface area contributed by atoms with Crippen molar-refractivity contribution >= 4 is 40.7 Å². The van der Waals surface area contributed by atoms with Crippen LogP contribution in [0.25, 0.3) is 0 Å². The number of para-hydroxylation sites is 1. The number of alkyl halides is 2. The lowest BCUT2D eigenvalue weighted by atomic mass is 9.54. The number of anilines is 1. The maximum Gasteiger partial charge on any atom is 0.240 e. The van der Waals surface area contributed by atoms with Gasteiger partial charge >= 0.3 is 0 Å². The fourth-order valence-corrected chi connectivity index (χ4v) is 7.03. The van der Waals surface area contributed by atoms with E-state index in [1.807, 2.05) is 79.7 Å². The summed E-state index contributed by atoms with van der Waals surface area (Å²) in [5.41, 5.74) is 4.84. The summed E-state index contributed by atoms with van der Waals surface area (Å²) in [5.74, 6) is -2.09. The largest absolute Gasteiger partial charge is 0.274 e. The van der Waals surface area contributed by atoms with Gasteiger partial charge in [-0.3, -0.25) is 9.59 Å². The first kappa shape index (κ1) is 19.1. The Morgan fingerprint density at radius 3 is 1.52 bits per heavy atom. The van der Waals surface area contributed by atoms with Gasteiger partial charge in [-0.05, 0) is 40.3 Å². The topological polar surface area (TPSA) is 37.4 Å². The smallest absolute Gasteiger partial charge is 0.240 e. The fourth-order valence-electron chi connectivity index (χ4n) is 5.93. The Labute approximate surface area is 190 Å². The molecule has 7 rings (SSSR count). The molecule has 2 atom stereocenters. The molecule has 3 nitrogen and oxygen atoms in total. The van der Waals surface area contributed by atoms with Crippen molar-refractivity contribution in [1.29, 1.82) is 0 Å². The molecule has 0 unspecified atom stereocenters. The summed E-state index contributed by atoms with van der Waals surface area (Å²) in [7, 11) is 0. The Hall–Kier alpha value is -2.62. The molecule has 0 radical (unpaired) electrons. The van der Waals surface area contributed by atoms with Gasteiger partial charge in [-0.1, -0.05) is 73.7 Å². The van der Waals surface area contributed by atoms with Crippen LogP contribution in [-0.2, 0) is 25.8 Å². The molecule has 154 valence electrons. The summed E-state index contributed by atoms with van der Waals surface area (Å²) in [6, 6.07) is 22.9. The van der Waals surface area contributed by atoms with Gasteiger partial charge in [0.2, 0.25) is 11.8 Å². The lowest BCUT2D eigenvalue weighted by Crippen LogP contribution is -2.57. The molecule has 0 spiro atoms. The van der Waals surface area contributed by atoms with Crippen LogP contribution < -0.4 is 4.90 Å². The number of amides is 2. The van der Waals surface area contributed by atoms with Crippen LogP contribution in [0.2, 0.25) is 0 Å². The summed E-state index contributed by atoms with van der Waals surface area (Å²) in [6.07, 6.45) is 0.709. The van der Waals surface area contributed by atoms with Crippen molar-refractivity contribution in [2.45, 2.75) is 23.1 Å². The number of nitrogens with zero attached hydrogens (tertiary/aromatic N) is 1. The van der Waals surface area contributed by atoms with E-state index < -0.39 is 21.6 Å². The summed E-state index contributed by atoms with van der Waals surface area (Å²) in [4.78, 5) is 26.9. The minimum absolute atomic E-state index is 0.278. The number of aryl methyl sites for hydroxylation is 1. The maximum atomic E-state index is 13.9. The number of rotatable bonds is 2. The molecule has 5 heteroatoms. The Morgan fingerprint density at radius 1 is 0.710 bits per heavy atom. The lowest BCUT2D eigenvalue weighted by molar-refractivity contribution is -0.122. The van der Waals surface area contributed by atoms with Crippen LogP contribution in [0, 0.1) is 11.8 Å². The molecule has 0 N–H and O–H groups in total. The van der Waals surface area contributed by atoms with Gasteiger partial charge in [-0.25, -0.2) is 4.90 Å². The second-order valence-electron chi connectivity index (χ2n) is 8.46. The van der Waals surface area contributed by atoms with Crippen molar-refractivity contribution in [3.8, 4) is 0 Å². The van der Waals surface area contributed by atoms with E-state index in [1.54, 1.807) is 0 Å². The van der Waals surface area contributed by atoms with E-state index in [9.17, 15) is 9.59 Å². The van der Waals surface area contributed by atoms with Gasteiger partial charge in [0.05, 0.1) is 17.5 Å². The Morgan fingerprint density at radius 2 is 1.10 bits per heavy atom. The van der Waals surface area contributed by atoms with Crippen LogP contribution in [0.15, 0.2) is 72.8 Å². The molecular weight excluding hydrogens is 429 g/mol.